The molecule has 1 saturated heterocycles. The Bertz CT molecular complexity index is 1560. The molecule has 40 heavy (non-hydrogen) atoms. The molecule has 0 radical (unpaired) electrons. The highest BCUT2D eigenvalue weighted by molar-refractivity contribution is 5.90. The van der Waals surface area contributed by atoms with Gasteiger partial charge in [0.1, 0.15) is 25.0 Å². The molecule has 206 valence electrons. The molecule has 1 aliphatic heterocycles. The number of benzene rings is 3. The van der Waals surface area contributed by atoms with Gasteiger partial charge in [0.15, 0.2) is 0 Å². The van der Waals surface area contributed by atoms with Crippen LogP contribution in [0.2, 0.25) is 0 Å². The van der Waals surface area contributed by atoms with Gasteiger partial charge < -0.3 is 18.8 Å². The lowest BCUT2D eigenvalue weighted by Crippen LogP contribution is -2.32. The van der Waals surface area contributed by atoms with E-state index >= 15 is 0 Å². The first-order chi connectivity index (χ1) is 19.2. The van der Waals surface area contributed by atoms with Crippen LogP contribution in [0.3, 0.4) is 0 Å². The van der Waals surface area contributed by atoms with Crippen molar-refractivity contribution in [2.24, 2.45) is 0 Å². The largest absolute Gasteiger partial charge is 0.459 e. The quantitative estimate of drug-likeness (QED) is 0.150. The Morgan fingerprint density at radius 2 is 1.60 bits per heavy atom. The zero-order valence-electron chi connectivity index (χ0n) is 22.5. The first-order valence-electron chi connectivity index (χ1n) is 13.2. The highest BCUT2D eigenvalue weighted by Crippen LogP contribution is 2.37. The molecule has 3 aromatic carbocycles. The lowest BCUT2D eigenvalue weighted by molar-refractivity contribution is -0.384. The first-order valence-corrected chi connectivity index (χ1v) is 13.2. The van der Waals surface area contributed by atoms with Gasteiger partial charge in [-0.15, -0.1) is 0 Å². The van der Waals surface area contributed by atoms with Crippen molar-refractivity contribution in [1.82, 2.24) is 4.57 Å². The SMILES string of the molecule is CCc1cn(C2CC(OC(=O)c3ccc(C)cc3)C(COC(=O)c3ccc(C)cc3)O2)c2ccc([N+](=O)[O-])cc12. The summed E-state index contributed by atoms with van der Waals surface area (Å²) in [7, 11) is 0. The maximum absolute atomic E-state index is 13.0. The molecule has 3 atom stereocenters. The number of aromatic nitrogens is 1. The van der Waals surface area contributed by atoms with Crippen LogP contribution in [0, 0.1) is 24.0 Å². The number of esters is 2. The number of fused-ring (bicyclic) bond motifs is 1. The number of carbonyl (C=O) groups is 2. The van der Waals surface area contributed by atoms with Crippen molar-refractivity contribution in [3.8, 4) is 0 Å². The van der Waals surface area contributed by atoms with Crippen LogP contribution < -0.4 is 0 Å². The van der Waals surface area contributed by atoms with Gasteiger partial charge in [-0.3, -0.25) is 10.1 Å². The van der Waals surface area contributed by atoms with Gasteiger partial charge >= 0.3 is 11.9 Å². The smallest absolute Gasteiger partial charge is 0.338 e. The summed E-state index contributed by atoms with van der Waals surface area (Å²) in [6, 6.07) is 18.9. The highest BCUT2D eigenvalue weighted by Gasteiger charge is 2.40. The molecule has 0 saturated carbocycles. The molecule has 1 aromatic heterocycles. The molecule has 0 amide bonds. The van der Waals surface area contributed by atoms with Crippen LogP contribution in [0.1, 0.15) is 57.0 Å². The van der Waals surface area contributed by atoms with E-state index in [-0.39, 0.29) is 12.3 Å². The Hall–Kier alpha value is -4.50. The third kappa shape index (κ3) is 5.60. The van der Waals surface area contributed by atoms with E-state index in [1.807, 2.05) is 55.8 Å². The zero-order chi connectivity index (χ0) is 28.4. The van der Waals surface area contributed by atoms with Crippen molar-refractivity contribution < 1.29 is 28.7 Å². The number of carbonyl (C=O) groups excluding carboxylic acids is 2. The molecule has 5 rings (SSSR count). The molecule has 1 aliphatic rings. The Morgan fingerprint density at radius 3 is 2.20 bits per heavy atom. The molecule has 4 aromatic rings. The van der Waals surface area contributed by atoms with Crippen molar-refractivity contribution in [2.45, 2.75) is 52.0 Å². The minimum atomic E-state index is -0.714. The van der Waals surface area contributed by atoms with Gasteiger partial charge in [-0.05, 0) is 56.2 Å². The van der Waals surface area contributed by atoms with Gasteiger partial charge in [0.25, 0.3) is 5.69 Å². The summed E-state index contributed by atoms with van der Waals surface area (Å²) >= 11 is 0. The van der Waals surface area contributed by atoms with E-state index in [1.165, 1.54) is 6.07 Å². The fourth-order valence-corrected chi connectivity index (χ4v) is 4.92. The van der Waals surface area contributed by atoms with E-state index in [0.29, 0.717) is 24.0 Å². The lowest BCUT2D eigenvalue weighted by Gasteiger charge is -2.19. The molecule has 0 bridgehead atoms. The lowest BCUT2D eigenvalue weighted by atomic mass is 10.1. The summed E-state index contributed by atoms with van der Waals surface area (Å²) < 4.78 is 19.7. The van der Waals surface area contributed by atoms with Crippen molar-refractivity contribution in [1.29, 1.82) is 0 Å². The Morgan fingerprint density at radius 1 is 0.975 bits per heavy atom. The van der Waals surface area contributed by atoms with Crippen molar-refractivity contribution >= 4 is 28.5 Å². The first kappa shape index (κ1) is 27.1. The number of nitro groups is 1. The minimum absolute atomic E-state index is 0.0121. The highest BCUT2D eigenvalue weighted by atomic mass is 16.6. The van der Waals surface area contributed by atoms with Crippen LogP contribution in [0.4, 0.5) is 5.69 Å². The van der Waals surface area contributed by atoms with E-state index in [1.54, 1.807) is 36.4 Å². The minimum Gasteiger partial charge on any atom is -0.459 e. The van der Waals surface area contributed by atoms with Crippen LogP contribution in [0.5, 0.6) is 0 Å². The predicted octanol–water partition coefficient (Wildman–Crippen LogP) is 6.10. The van der Waals surface area contributed by atoms with Gasteiger partial charge in [-0.1, -0.05) is 42.3 Å². The number of hydrogen-bond acceptors (Lipinski definition) is 7. The number of ether oxygens (including phenoxy) is 3. The van der Waals surface area contributed by atoms with Crippen LogP contribution in [-0.4, -0.2) is 40.2 Å². The number of rotatable bonds is 8. The summed E-state index contributed by atoms with van der Waals surface area (Å²) in [4.78, 5) is 36.7. The maximum atomic E-state index is 13.0. The van der Waals surface area contributed by atoms with Crippen molar-refractivity contribution in [3.63, 3.8) is 0 Å². The second-order valence-corrected chi connectivity index (χ2v) is 10.0. The molecular weight excluding hydrogens is 512 g/mol. The molecule has 2 heterocycles. The normalized spacial score (nSPS) is 18.5. The second-order valence-electron chi connectivity index (χ2n) is 10.0. The molecule has 1 fully saturated rings. The third-order valence-corrected chi connectivity index (χ3v) is 7.19. The number of aryl methyl sites for hydroxylation is 3. The van der Waals surface area contributed by atoms with E-state index in [9.17, 15) is 19.7 Å². The van der Waals surface area contributed by atoms with E-state index in [4.69, 9.17) is 14.2 Å². The topological polar surface area (TPSA) is 110 Å². The number of hydrogen-bond donors (Lipinski definition) is 0. The molecule has 0 aliphatic carbocycles. The monoisotopic (exact) mass is 542 g/mol. The summed E-state index contributed by atoms with van der Waals surface area (Å²) in [5.41, 5.74) is 4.59. The van der Waals surface area contributed by atoms with E-state index < -0.39 is 35.3 Å². The van der Waals surface area contributed by atoms with Gasteiger partial charge in [-0.25, -0.2) is 9.59 Å². The molecule has 9 heteroatoms. The third-order valence-electron chi connectivity index (χ3n) is 7.19. The van der Waals surface area contributed by atoms with Gasteiger partial charge in [0, 0.05) is 30.1 Å². The summed E-state index contributed by atoms with van der Waals surface area (Å²) in [5.74, 6) is -0.992. The van der Waals surface area contributed by atoms with E-state index in [0.717, 1.165) is 27.6 Å². The van der Waals surface area contributed by atoms with Gasteiger partial charge in [0.05, 0.1) is 21.6 Å². The summed E-state index contributed by atoms with van der Waals surface area (Å²) in [6.07, 6.45) is 0.955. The second kappa shape index (κ2) is 11.3. The average molecular weight is 543 g/mol. The van der Waals surface area contributed by atoms with Crippen LogP contribution >= 0.6 is 0 Å². The van der Waals surface area contributed by atoms with Crippen LogP contribution in [0.15, 0.2) is 72.9 Å². The molecule has 0 N–H and O–H groups in total. The number of non-ortho nitro benzene ring substituents is 1. The summed E-state index contributed by atoms with van der Waals surface area (Å²) in [5, 5.41) is 12.1. The van der Waals surface area contributed by atoms with E-state index in [2.05, 4.69) is 0 Å². The van der Waals surface area contributed by atoms with Crippen LogP contribution in [-0.2, 0) is 20.6 Å². The average Bonchev–Trinajstić information content (AvgIpc) is 3.52. The standard InChI is InChI=1S/C31H30N2O7/c1-4-21-17-32(26-14-13-24(33(36)37)15-25(21)26)29-16-27(40-31(35)23-11-7-20(3)8-12-23)28(39-29)18-38-30(34)22-9-5-19(2)6-10-22/h5-15,17,27-29H,4,16,18H2,1-3H3. The fourth-order valence-electron chi connectivity index (χ4n) is 4.92. The Balaban J connectivity index is 1.40. The molecule has 0 spiro atoms. The molecule has 3 unspecified atom stereocenters. The molecule has 9 nitrogen and oxygen atoms in total. The van der Waals surface area contributed by atoms with Crippen molar-refractivity contribution in [2.75, 3.05) is 6.61 Å². The Kier molecular flexibility index (Phi) is 7.66. The zero-order valence-corrected chi connectivity index (χ0v) is 22.5. The molecular formula is C31H30N2O7. The fraction of sp³-hybridized carbons (Fsp3) is 0.290. The van der Waals surface area contributed by atoms with Gasteiger partial charge in [0.2, 0.25) is 0 Å². The van der Waals surface area contributed by atoms with Crippen LogP contribution in [0.25, 0.3) is 10.9 Å². The number of nitrogens with zero attached hydrogens (tertiary/aromatic N) is 2. The summed E-state index contributed by atoms with van der Waals surface area (Å²) in [6.45, 7) is 5.73. The Labute approximate surface area is 231 Å². The van der Waals surface area contributed by atoms with Crippen molar-refractivity contribution in [3.05, 3.63) is 111 Å². The van der Waals surface area contributed by atoms with Gasteiger partial charge in [-0.2, -0.15) is 0 Å². The predicted molar refractivity (Wildman–Crippen MR) is 148 cm³/mol. The maximum Gasteiger partial charge on any atom is 0.338 e. The number of nitro benzene ring substituents is 1.